The molecule has 0 fully saturated rings. The number of rotatable bonds is 4. The smallest absolute Gasteiger partial charge is 0.0953 e. The van der Waals surface area contributed by atoms with Crippen molar-refractivity contribution in [1.29, 1.82) is 0 Å². The molecule has 0 saturated carbocycles. The van der Waals surface area contributed by atoms with Gasteiger partial charge >= 0.3 is 0 Å². The number of nitrogens with zero attached hydrogens (tertiary/aromatic N) is 2. The monoisotopic (exact) mass is 198 g/mol. The third-order valence-corrected chi connectivity index (χ3v) is 2.90. The first kappa shape index (κ1) is 10.3. The van der Waals surface area contributed by atoms with Crippen LogP contribution in [-0.2, 0) is 0 Å². The van der Waals surface area contributed by atoms with Crippen LogP contribution in [0.15, 0.2) is 12.2 Å². The van der Waals surface area contributed by atoms with Gasteiger partial charge in [0, 0.05) is 0 Å². The summed E-state index contributed by atoms with van der Waals surface area (Å²) in [4.78, 5) is 0.856. The Kier molecular flexibility index (Phi) is 3.57. The second-order valence-electron chi connectivity index (χ2n) is 3.05. The van der Waals surface area contributed by atoms with Gasteiger partial charge in [0.15, 0.2) is 0 Å². The lowest BCUT2D eigenvalue weighted by molar-refractivity contribution is 0.180. The molecule has 0 radical (unpaired) electrons. The summed E-state index contributed by atoms with van der Waals surface area (Å²) in [6, 6.07) is 0. The van der Waals surface area contributed by atoms with E-state index in [0.29, 0.717) is 6.42 Å². The van der Waals surface area contributed by atoms with Crippen LogP contribution in [-0.4, -0.2) is 14.7 Å². The summed E-state index contributed by atoms with van der Waals surface area (Å²) >= 11 is 1.26. The zero-order valence-corrected chi connectivity index (χ0v) is 8.77. The van der Waals surface area contributed by atoms with Gasteiger partial charge in [-0.05, 0) is 31.3 Å². The van der Waals surface area contributed by atoms with E-state index in [9.17, 15) is 5.11 Å². The van der Waals surface area contributed by atoms with Gasteiger partial charge in [0.2, 0.25) is 0 Å². The molecule has 72 valence electrons. The molecule has 0 aliphatic rings. The molecule has 0 aliphatic heterocycles. The molecule has 0 amide bonds. The standard InChI is InChI=1S/C9H14N2OS/c1-4-6(2)5-8(12)9-7(3)10-11-13-9/h8,12H,2,4-5H2,1,3H3. The fraction of sp³-hybridized carbons (Fsp3) is 0.556. The minimum Gasteiger partial charge on any atom is -0.387 e. The van der Waals surface area contributed by atoms with Crippen molar-refractivity contribution in [2.45, 2.75) is 32.8 Å². The maximum absolute atomic E-state index is 9.76. The van der Waals surface area contributed by atoms with Gasteiger partial charge < -0.3 is 5.11 Å². The molecule has 1 aromatic heterocycles. The molecule has 1 aromatic rings. The Morgan fingerprint density at radius 3 is 2.85 bits per heavy atom. The lowest BCUT2D eigenvalue weighted by Gasteiger charge is -2.08. The van der Waals surface area contributed by atoms with Crippen molar-refractivity contribution in [3.63, 3.8) is 0 Å². The van der Waals surface area contributed by atoms with Crippen molar-refractivity contribution in [1.82, 2.24) is 9.59 Å². The maximum atomic E-state index is 9.76. The molecule has 13 heavy (non-hydrogen) atoms. The predicted octanol–water partition coefficient (Wildman–Crippen LogP) is 2.24. The minimum absolute atomic E-state index is 0.479. The average molecular weight is 198 g/mol. The lowest BCUT2D eigenvalue weighted by Crippen LogP contribution is -1.98. The van der Waals surface area contributed by atoms with Crippen LogP contribution in [0.5, 0.6) is 0 Å². The molecule has 0 spiro atoms. The highest BCUT2D eigenvalue weighted by molar-refractivity contribution is 7.05. The molecule has 1 unspecified atom stereocenters. The molecule has 4 heteroatoms. The van der Waals surface area contributed by atoms with E-state index in [1.165, 1.54) is 11.5 Å². The van der Waals surface area contributed by atoms with Gasteiger partial charge in [-0.3, -0.25) is 0 Å². The van der Waals surface area contributed by atoms with Crippen molar-refractivity contribution >= 4 is 11.5 Å². The summed E-state index contributed by atoms with van der Waals surface area (Å²) < 4.78 is 3.78. The molecule has 0 aliphatic carbocycles. The van der Waals surface area contributed by atoms with E-state index in [4.69, 9.17) is 0 Å². The molecule has 0 saturated heterocycles. The average Bonchev–Trinajstić information content (AvgIpc) is 2.51. The normalized spacial score (nSPS) is 12.8. The third kappa shape index (κ3) is 2.60. The van der Waals surface area contributed by atoms with E-state index in [0.717, 1.165) is 22.6 Å². The van der Waals surface area contributed by atoms with E-state index >= 15 is 0 Å². The summed E-state index contributed by atoms with van der Waals surface area (Å²) in [5.74, 6) is 0. The van der Waals surface area contributed by atoms with Gasteiger partial charge in [-0.15, -0.1) is 5.10 Å². The van der Waals surface area contributed by atoms with Gasteiger partial charge in [-0.1, -0.05) is 23.6 Å². The highest BCUT2D eigenvalue weighted by Gasteiger charge is 2.14. The Bertz CT molecular complexity index is 296. The van der Waals surface area contributed by atoms with Crippen molar-refractivity contribution in [3.8, 4) is 0 Å². The summed E-state index contributed by atoms with van der Waals surface area (Å²) in [6.07, 6.45) is 1.04. The first-order valence-corrected chi connectivity index (χ1v) is 5.06. The SMILES string of the molecule is C=C(CC)CC(O)c1snnc1C. The van der Waals surface area contributed by atoms with Gasteiger partial charge in [0.25, 0.3) is 0 Å². The Hall–Kier alpha value is -0.740. The van der Waals surface area contributed by atoms with Crippen LogP contribution in [0.2, 0.25) is 0 Å². The number of aryl methyl sites for hydroxylation is 1. The zero-order chi connectivity index (χ0) is 9.84. The lowest BCUT2D eigenvalue weighted by atomic mass is 10.1. The number of aliphatic hydroxyl groups excluding tert-OH is 1. The molecule has 1 N–H and O–H groups in total. The summed E-state index contributed by atoms with van der Waals surface area (Å²) in [5.41, 5.74) is 1.88. The molecular formula is C9H14N2OS. The largest absolute Gasteiger partial charge is 0.387 e. The Morgan fingerprint density at radius 1 is 1.69 bits per heavy atom. The molecule has 3 nitrogen and oxygen atoms in total. The number of hydrogen-bond donors (Lipinski definition) is 1. The second kappa shape index (κ2) is 4.48. The molecule has 0 aromatic carbocycles. The van der Waals surface area contributed by atoms with E-state index in [2.05, 4.69) is 16.2 Å². The Morgan fingerprint density at radius 2 is 2.38 bits per heavy atom. The van der Waals surface area contributed by atoms with Crippen LogP contribution in [0.3, 0.4) is 0 Å². The molecule has 1 heterocycles. The van der Waals surface area contributed by atoms with E-state index in [1.54, 1.807) is 0 Å². The second-order valence-corrected chi connectivity index (χ2v) is 3.83. The fourth-order valence-corrected chi connectivity index (χ4v) is 1.68. The van der Waals surface area contributed by atoms with Crippen LogP contribution in [0.4, 0.5) is 0 Å². The third-order valence-electron chi connectivity index (χ3n) is 1.97. The molecule has 0 bridgehead atoms. The van der Waals surface area contributed by atoms with Crippen molar-refractivity contribution in [2.75, 3.05) is 0 Å². The van der Waals surface area contributed by atoms with E-state index < -0.39 is 6.10 Å². The fourth-order valence-electron chi connectivity index (χ4n) is 1.05. The Balaban J connectivity index is 2.63. The van der Waals surface area contributed by atoms with Crippen molar-refractivity contribution in [2.24, 2.45) is 0 Å². The van der Waals surface area contributed by atoms with Crippen LogP contribution < -0.4 is 0 Å². The highest BCUT2D eigenvalue weighted by Crippen LogP contribution is 2.25. The zero-order valence-electron chi connectivity index (χ0n) is 7.95. The summed E-state index contributed by atoms with van der Waals surface area (Å²) in [6.45, 7) is 7.75. The van der Waals surface area contributed by atoms with Crippen LogP contribution >= 0.6 is 11.5 Å². The first-order chi connectivity index (χ1) is 6.15. The first-order valence-electron chi connectivity index (χ1n) is 4.28. The van der Waals surface area contributed by atoms with Crippen LogP contribution in [0.25, 0.3) is 0 Å². The van der Waals surface area contributed by atoms with Gasteiger partial charge in [0.1, 0.15) is 0 Å². The van der Waals surface area contributed by atoms with Crippen molar-refractivity contribution in [3.05, 3.63) is 22.7 Å². The summed E-state index contributed by atoms with van der Waals surface area (Å²) in [7, 11) is 0. The van der Waals surface area contributed by atoms with Crippen LogP contribution in [0, 0.1) is 6.92 Å². The van der Waals surface area contributed by atoms with E-state index in [-0.39, 0.29) is 0 Å². The molecular weight excluding hydrogens is 184 g/mol. The van der Waals surface area contributed by atoms with E-state index in [1.807, 2.05) is 13.8 Å². The molecule has 1 atom stereocenters. The summed E-state index contributed by atoms with van der Waals surface area (Å²) in [5, 5.41) is 13.6. The topological polar surface area (TPSA) is 46.0 Å². The predicted molar refractivity (Wildman–Crippen MR) is 53.7 cm³/mol. The van der Waals surface area contributed by atoms with Gasteiger partial charge in [-0.2, -0.15) is 0 Å². The molecule has 1 rings (SSSR count). The maximum Gasteiger partial charge on any atom is 0.0953 e. The Labute approximate surface area is 82.3 Å². The number of aromatic nitrogens is 2. The van der Waals surface area contributed by atoms with Crippen LogP contribution in [0.1, 0.15) is 36.4 Å². The minimum atomic E-state index is -0.479. The number of hydrogen-bond acceptors (Lipinski definition) is 4. The highest BCUT2D eigenvalue weighted by atomic mass is 32.1. The van der Waals surface area contributed by atoms with Crippen molar-refractivity contribution < 1.29 is 5.11 Å². The quantitative estimate of drug-likeness (QED) is 0.755. The van der Waals surface area contributed by atoms with Gasteiger partial charge in [-0.25, -0.2) is 0 Å². The number of aliphatic hydroxyl groups is 1. The van der Waals surface area contributed by atoms with Gasteiger partial charge in [0.05, 0.1) is 16.7 Å².